The molecule has 0 radical (unpaired) electrons. The fourth-order valence-corrected chi connectivity index (χ4v) is 12.2. The molecule has 1 saturated heterocycles. The minimum atomic E-state index is -0.877. The monoisotopic (exact) mass is 880 g/mol. The number of ether oxygens (including phenoxy) is 3. The Kier molecular flexibility index (Phi) is 18.1. The molecule has 354 valence electrons. The average Bonchev–Trinajstić information content (AvgIpc) is 3.73. The first-order chi connectivity index (χ1) is 30.0. The Hall–Kier alpha value is -3.55. The Labute approximate surface area is 378 Å². The van der Waals surface area contributed by atoms with E-state index in [-0.39, 0.29) is 59.3 Å². The van der Waals surface area contributed by atoms with Gasteiger partial charge >= 0.3 is 5.97 Å². The number of carbonyl (C=O) groups is 5. The normalized spacial score (nSPS) is 26.7. The van der Waals surface area contributed by atoms with Crippen LogP contribution in [0.3, 0.4) is 0 Å². The number of rotatable bonds is 23. The van der Waals surface area contributed by atoms with Gasteiger partial charge in [0.15, 0.2) is 0 Å². The van der Waals surface area contributed by atoms with Crippen LogP contribution < -0.4 is 16.0 Å². The van der Waals surface area contributed by atoms with Gasteiger partial charge in [-0.15, -0.1) is 0 Å². The lowest BCUT2D eigenvalue weighted by Crippen LogP contribution is -2.59. The predicted octanol–water partition coefficient (Wildman–Crippen LogP) is 5.78. The van der Waals surface area contributed by atoms with Crippen molar-refractivity contribution in [2.75, 3.05) is 41.5 Å². The number of hydrogen-bond acceptors (Lipinski definition) is 9. The second-order valence-corrected chi connectivity index (χ2v) is 20.6. The molecule has 3 N–H and O–H groups in total. The molecule has 0 aromatic heterocycles. The Bertz CT molecular complexity index is 1650. The van der Waals surface area contributed by atoms with Gasteiger partial charge in [-0.25, -0.2) is 4.79 Å². The first-order valence-corrected chi connectivity index (χ1v) is 24.1. The van der Waals surface area contributed by atoms with Crippen LogP contribution in [0.5, 0.6) is 0 Å². The molecule has 13 heteroatoms. The Morgan fingerprint density at radius 1 is 0.841 bits per heavy atom. The summed E-state index contributed by atoms with van der Waals surface area (Å²) in [6, 6.07) is 6.73. The van der Waals surface area contributed by atoms with E-state index >= 15 is 0 Å². The van der Waals surface area contributed by atoms with Gasteiger partial charge in [0.25, 0.3) is 0 Å². The number of amides is 4. The number of benzene rings is 1. The summed E-state index contributed by atoms with van der Waals surface area (Å²) in [5.74, 6) is -0.0426. The number of esters is 1. The van der Waals surface area contributed by atoms with Crippen molar-refractivity contribution >= 4 is 29.6 Å². The van der Waals surface area contributed by atoms with Crippen LogP contribution in [0, 0.1) is 46.8 Å². The maximum atomic E-state index is 14.4. The molecule has 1 heterocycles. The van der Waals surface area contributed by atoms with Crippen molar-refractivity contribution in [3.8, 4) is 0 Å². The highest BCUT2D eigenvalue weighted by molar-refractivity contribution is 5.90. The maximum absolute atomic E-state index is 14.4. The smallest absolute Gasteiger partial charge is 0.329 e. The molecule has 1 aliphatic heterocycles. The van der Waals surface area contributed by atoms with E-state index in [1.807, 2.05) is 76.8 Å². The van der Waals surface area contributed by atoms with Crippen molar-refractivity contribution in [1.29, 1.82) is 0 Å². The molecule has 4 aliphatic carbocycles. The van der Waals surface area contributed by atoms with Gasteiger partial charge in [-0.2, -0.15) is 0 Å². The highest BCUT2D eigenvalue weighted by atomic mass is 16.5. The minimum absolute atomic E-state index is 0.0131. The third-order valence-corrected chi connectivity index (χ3v) is 15.3. The number of carbonyl (C=O) groups excluding carboxylic acids is 5. The summed E-state index contributed by atoms with van der Waals surface area (Å²) in [5, 5.41) is 9.13. The lowest BCUT2D eigenvalue weighted by molar-refractivity contribution is -0.159. The highest BCUT2D eigenvalue weighted by Crippen LogP contribution is 2.60. The van der Waals surface area contributed by atoms with Gasteiger partial charge in [-0.1, -0.05) is 85.2 Å². The zero-order valence-electron chi connectivity index (χ0n) is 40.3. The molecule has 5 fully saturated rings. The third-order valence-electron chi connectivity index (χ3n) is 15.3. The van der Waals surface area contributed by atoms with Crippen LogP contribution >= 0.6 is 0 Å². The first kappa shape index (κ1) is 50.4. The molecule has 63 heavy (non-hydrogen) atoms. The van der Waals surface area contributed by atoms with Crippen molar-refractivity contribution in [3.63, 3.8) is 0 Å². The molecule has 5 aliphatic rings. The molecule has 0 unspecified atom stereocenters. The highest BCUT2D eigenvalue weighted by Gasteiger charge is 2.52. The topological polar surface area (TPSA) is 156 Å². The SMILES string of the molecule is CC[C@H](C)[C@@H]([C@@H](CC(=O)N1CCC[C@H]1[C@H](OC)[C@@H](C)C(=O)N[C@@H](Cc1ccccc1)C(=O)OCC12CC3CC(CC(C3)C1)C2)OC)N(C)C(=O)[C@@H](NC(=O)[C@@H](NC)C(C)C)C(C)C. The van der Waals surface area contributed by atoms with Gasteiger partial charge in [0.05, 0.1) is 49.3 Å². The quantitative estimate of drug-likeness (QED) is 0.116. The summed E-state index contributed by atoms with van der Waals surface area (Å²) in [6.07, 6.45) is 8.44. The van der Waals surface area contributed by atoms with Crippen LogP contribution in [0.2, 0.25) is 0 Å². The molecule has 9 atom stereocenters. The zero-order valence-corrected chi connectivity index (χ0v) is 40.3. The number of nitrogens with one attached hydrogen (secondary N) is 3. The number of likely N-dealkylation sites (N-methyl/N-ethyl adjacent to an activating group) is 2. The molecule has 13 nitrogen and oxygen atoms in total. The molecule has 4 bridgehead atoms. The molecular weight excluding hydrogens is 799 g/mol. The second-order valence-electron chi connectivity index (χ2n) is 20.6. The van der Waals surface area contributed by atoms with Crippen molar-refractivity contribution in [2.24, 2.45) is 46.8 Å². The standard InChI is InChI=1S/C50H81N5O8/c1-12-32(6)44(54(9)48(59)43(31(4)5)53-47(58)42(51-8)30(2)3)40(61-10)25-41(56)55-20-16-19-39(55)45(62-11)33(7)46(57)52-38(24-34-17-14-13-15-18-34)49(60)63-29-50-26-35-21-36(27-50)23-37(22-35)28-50/h13-15,17-18,30-33,35-40,42-45,51H,12,16,19-29H2,1-11H3,(H,52,57)(H,53,58)/t32-,33+,35?,36?,37?,38-,39-,40+,42-,43-,44-,45+,50?/m0/s1. The van der Waals surface area contributed by atoms with Crippen molar-refractivity contribution in [2.45, 2.75) is 162 Å². The van der Waals surface area contributed by atoms with Gasteiger partial charge in [-0.3, -0.25) is 19.2 Å². The largest absolute Gasteiger partial charge is 0.464 e. The fourth-order valence-electron chi connectivity index (χ4n) is 12.2. The summed E-state index contributed by atoms with van der Waals surface area (Å²) in [4.78, 5) is 73.7. The molecular formula is C50H81N5O8. The van der Waals surface area contributed by atoms with Gasteiger partial charge in [0.1, 0.15) is 12.1 Å². The summed E-state index contributed by atoms with van der Waals surface area (Å²) >= 11 is 0. The average molecular weight is 880 g/mol. The van der Waals surface area contributed by atoms with Crippen molar-refractivity contribution in [3.05, 3.63) is 35.9 Å². The van der Waals surface area contributed by atoms with Crippen LogP contribution in [0.4, 0.5) is 0 Å². The third kappa shape index (κ3) is 12.2. The minimum Gasteiger partial charge on any atom is -0.464 e. The van der Waals surface area contributed by atoms with Crippen LogP contribution in [0.25, 0.3) is 0 Å². The van der Waals surface area contributed by atoms with Crippen LogP contribution in [0.15, 0.2) is 30.3 Å². The summed E-state index contributed by atoms with van der Waals surface area (Å²) < 4.78 is 18.3. The van der Waals surface area contributed by atoms with E-state index in [1.165, 1.54) is 19.3 Å². The van der Waals surface area contributed by atoms with Gasteiger partial charge in [0.2, 0.25) is 23.6 Å². The zero-order chi connectivity index (χ0) is 46.2. The van der Waals surface area contributed by atoms with Crippen LogP contribution in [-0.4, -0.2) is 123 Å². The Balaban J connectivity index is 1.27. The van der Waals surface area contributed by atoms with E-state index in [1.54, 1.807) is 40.1 Å². The summed E-state index contributed by atoms with van der Waals surface area (Å²) in [6.45, 7) is 14.5. The van der Waals surface area contributed by atoms with E-state index in [0.717, 1.165) is 55.4 Å². The number of methoxy groups -OCH3 is 2. The summed E-state index contributed by atoms with van der Waals surface area (Å²) in [7, 11) is 6.61. The van der Waals surface area contributed by atoms with Gasteiger partial charge in [0, 0.05) is 39.6 Å². The van der Waals surface area contributed by atoms with Crippen LogP contribution in [-0.2, 0) is 44.6 Å². The molecule has 0 spiro atoms. The van der Waals surface area contributed by atoms with Gasteiger partial charge < -0.3 is 40.0 Å². The number of hydrogen-bond donors (Lipinski definition) is 3. The van der Waals surface area contributed by atoms with Crippen molar-refractivity contribution < 1.29 is 38.2 Å². The predicted molar refractivity (Wildman–Crippen MR) is 244 cm³/mol. The lowest BCUT2D eigenvalue weighted by atomic mass is 9.50. The molecule has 4 amide bonds. The number of likely N-dealkylation sites (tertiary alicyclic amines) is 1. The van der Waals surface area contributed by atoms with E-state index < -0.39 is 48.3 Å². The number of nitrogens with zero attached hydrogens (tertiary/aromatic N) is 2. The van der Waals surface area contributed by atoms with Crippen molar-refractivity contribution in [1.82, 2.24) is 25.8 Å². The second kappa shape index (κ2) is 22.6. The maximum Gasteiger partial charge on any atom is 0.329 e. The lowest BCUT2D eigenvalue weighted by Gasteiger charge is -2.56. The molecule has 1 aromatic carbocycles. The van der Waals surface area contributed by atoms with E-state index in [2.05, 4.69) is 16.0 Å². The Morgan fingerprint density at radius 2 is 1.44 bits per heavy atom. The van der Waals surface area contributed by atoms with E-state index in [0.29, 0.717) is 26.0 Å². The first-order valence-electron chi connectivity index (χ1n) is 24.1. The summed E-state index contributed by atoms with van der Waals surface area (Å²) in [5.41, 5.74) is 0.976. The van der Waals surface area contributed by atoms with Crippen LogP contribution in [0.1, 0.15) is 118 Å². The molecule has 1 aromatic rings. The fraction of sp³-hybridized carbons (Fsp3) is 0.780. The molecule has 6 rings (SSSR count). The molecule has 4 saturated carbocycles. The van der Waals surface area contributed by atoms with E-state index in [4.69, 9.17) is 14.2 Å². The van der Waals surface area contributed by atoms with E-state index in [9.17, 15) is 24.0 Å². The van der Waals surface area contributed by atoms with Gasteiger partial charge in [-0.05, 0) is 99.5 Å². The Morgan fingerprint density at radius 3 is 1.97 bits per heavy atom.